The number of carbonyl (C=O) groups excluding carboxylic acids is 1. The summed E-state index contributed by atoms with van der Waals surface area (Å²) in [6.45, 7) is 7.15. The molecule has 1 fully saturated rings. The first kappa shape index (κ1) is 20.2. The lowest BCUT2D eigenvalue weighted by Gasteiger charge is -2.35. The summed E-state index contributed by atoms with van der Waals surface area (Å²) < 4.78 is 12.9. The van der Waals surface area contributed by atoms with Crippen LogP contribution in [-0.4, -0.2) is 53.0 Å². The van der Waals surface area contributed by atoms with Crippen molar-refractivity contribution in [3.05, 3.63) is 65.9 Å². The molecule has 2 aromatic carbocycles. The van der Waals surface area contributed by atoms with Gasteiger partial charge in [0.05, 0.1) is 30.7 Å². The van der Waals surface area contributed by atoms with E-state index in [4.69, 9.17) is 14.6 Å². The molecule has 1 amide bonds. The molecular weight excluding hydrogens is 378 g/mol. The molecule has 1 saturated heterocycles. The van der Waals surface area contributed by atoms with E-state index in [1.807, 2.05) is 80.3 Å². The number of carbonyl (C=O) groups is 1. The number of benzene rings is 2. The zero-order valence-electron chi connectivity index (χ0n) is 17.8. The quantitative estimate of drug-likeness (QED) is 0.656. The number of rotatable bonds is 4. The van der Waals surface area contributed by atoms with E-state index in [-0.39, 0.29) is 18.1 Å². The minimum absolute atomic E-state index is 0.00546. The maximum atomic E-state index is 13.5. The molecule has 1 aromatic heterocycles. The molecule has 156 valence electrons. The highest BCUT2D eigenvalue weighted by Gasteiger charge is 2.29. The van der Waals surface area contributed by atoms with Crippen molar-refractivity contribution in [1.29, 1.82) is 0 Å². The Kier molecular flexibility index (Phi) is 5.59. The van der Waals surface area contributed by atoms with Crippen LogP contribution in [0.5, 0.6) is 5.75 Å². The Balaban J connectivity index is 1.79. The Morgan fingerprint density at radius 3 is 2.50 bits per heavy atom. The largest absolute Gasteiger partial charge is 0.497 e. The third-order valence-electron chi connectivity index (χ3n) is 5.25. The molecule has 0 unspecified atom stereocenters. The molecule has 30 heavy (non-hydrogen) atoms. The van der Waals surface area contributed by atoms with Crippen LogP contribution in [0.1, 0.15) is 29.9 Å². The summed E-state index contributed by atoms with van der Waals surface area (Å²) in [5.41, 5.74) is 4.14. The molecule has 6 nitrogen and oxygen atoms in total. The van der Waals surface area contributed by atoms with Gasteiger partial charge in [-0.3, -0.25) is 4.79 Å². The van der Waals surface area contributed by atoms with Crippen LogP contribution in [0.4, 0.5) is 0 Å². The van der Waals surface area contributed by atoms with Crippen LogP contribution >= 0.6 is 0 Å². The second-order valence-electron chi connectivity index (χ2n) is 7.87. The predicted octanol–water partition coefficient (Wildman–Crippen LogP) is 4.11. The smallest absolute Gasteiger partial charge is 0.272 e. The Morgan fingerprint density at radius 1 is 1.07 bits per heavy atom. The lowest BCUT2D eigenvalue weighted by molar-refractivity contribution is -0.0588. The van der Waals surface area contributed by atoms with Crippen molar-refractivity contribution in [1.82, 2.24) is 14.7 Å². The summed E-state index contributed by atoms with van der Waals surface area (Å²) in [5, 5.41) is 4.80. The molecular formula is C24H27N3O3. The number of aromatic nitrogens is 2. The second kappa shape index (κ2) is 8.32. The van der Waals surface area contributed by atoms with Gasteiger partial charge < -0.3 is 14.4 Å². The van der Waals surface area contributed by atoms with E-state index in [0.717, 1.165) is 28.3 Å². The molecule has 6 heteroatoms. The fourth-order valence-corrected chi connectivity index (χ4v) is 3.92. The van der Waals surface area contributed by atoms with E-state index in [1.54, 1.807) is 11.8 Å². The van der Waals surface area contributed by atoms with Crippen LogP contribution in [0.3, 0.4) is 0 Å². The van der Waals surface area contributed by atoms with E-state index in [9.17, 15) is 4.79 Å². The highest BCUT2D eigenvalue weighted by Crippen LogP contribution is 2.26. The van der Waals surface area contributed by atoms with Gasteiger partial charge in [0.25, 0.3) is 5.91 Å². The summed E-state index contributed by atoms with van der Waals surface area (Å²) in [7, 11) is 1.64. The monoisotopic (exact) mass is 405 g/mol. The van der Waals surface area contributed by atoms with Gasteiger partial charge in [0.1, 0.15) is 11.4 Å². The summed E-state index contributed by atoms with van der Waals surface area (Å²) in [5.74, 6) is 0.710. The maximum Gasteiger partial charge on any atom is 0.272 e. The lowest BCUT2D eigenvalue weighted by Crippen LogP contribution is -2.48. The number of methoxy groups -OCH3 is 1. The standard InChI is InChI=1S/C24H27N3O3/c1-16-7-5-9-20(11-16)27-23(24(28)26-14-17(2)30-18(3)15-26)13-22(25-27)19-8-6-10-21(12-19)29-4/h5-13,17-18H,14-15H2,1-4H3/t17-,18+. The van der Waals surface area contributed by atoms with E-state index >= 15 is 0 Å². The number of hydrogen-bond acceptors (Lipinski definition) is 4. The van der Waals surface area contributed by atoms with E-state index in [1.165, 1.54) is 0 Å². The van der Waals surface area contributed by atoms with Crippen LogP contribution in [0.2, 0.25) is 0 Å². The molecule has 3 aromatic rings. The second-order valence-corrected chi connectivity index (χ2v) is 7.87. The Hall–Kier alpha value is -3.12. The highest BCUT2D eigenvalue weighted by molar-refractivity contribution is 5.94. The third kappa shape index (κ3) is 4.09. The van der Waals surface area contributed by atoms with Crippen LogP contribution in [0.15, 0.2) is 54.6 Å². The molecule has 2 heterocycles. The summed E-state index contributed by atoms with van der Waals surface area (Å²) in [6, 6.07) is 17.6. The van der Waals surface area contributed by atoms with Crippen molar-refractivity contribution < 1.29 is 14.3 Å². The van der Waals surface area contributed by atoms with Crippen LogP contribution in [-0.2, 0) is 4.74 Å². The van der Waals surface area contributed by atoms with Gasteiger partial charge in [0.2, 0.25) is 0 Å². The van der Waals surface area contributed by atoms with Gasteiger partial charge in [-0.2, -0.15) is 5.10 Å². The van der Waals surface area contributed by atoms with Crippen molar-refractivity contribution in [2.45, 2.75) is 33.0 Å². The third-order valence-corrected chi connectivity index (χ3v) is 5.25. The van der Waals surface area contributed by atoms with Gasteiger partial charge in [0, 0.05) is 18.7 Å². The molecule has 0 spiro atoms. The average molecular weight is 405 g/mol. The molecule has 1 aliphatic heterocycles. The Morgan fingerprint density at radius 2 is 1.80 bits per heavy atom. The fraction of sp³-hybridized carbons (Fsp3) is 0.333. The van der Waals surface area contributed by atoms with Gasteiger partial charge in [-0.05, 0) is 56.7 Å². The molecule has 1 aliphatic rings. The van der Waals surface area contributed by atoms with Crippen molar-refractivity contribution in [2.75, 3.05) is 20.2 Å². The number of nitrogens with zero attached hydrogens (tertiary/aromatic N) is 3. The molecule has 0 N–H and O–H groups in total. The summed E-state index contributed by atoms with van der Waals surface area (Å²) in [6.07, 6.45) is 0.0109. The van der Waals surface area contributed by atoms with E-state index in [2.05, 4.69) is 0 Å². The normalized spacial score (nSPS) is 19.0. The van der Waals surface area contributed by atoms with Crippen molar-refractivity contribution in [2.24, 2.45) is 0 Å². The van der Waals surface area contributed by atoms with Crippen molar-refractivity contribution >= 4 is 5.91 Å². The summed E-state index contributed by atoms with van der Waals surface area (Å²) >= 11 is 0. The van der Waals surface area contributed by atoms with Crippen LogP contribution < -0.4 is 4.74 Å². The highest BCUT2D eigenvalue weighted by atomic mass is 16.5. The van der Waals surface area contributed by atoms with Crippen LogP contribution in [0, 0.1) is 6.92 Å². The van der Waals surface area contributed by atoms with Gasteiger partial charge in [0.15, 0.2) is 0 Å². The Bertz CT molecular complexity index is 1050. The fourth-order valence-electron chi connectivity index (χ4n) is 3.92. The summed E-state index contributed by atoms with van der Waals surface area (Å²) in [4.78, 5) is 15.4. The van der Waals surface area contributed by atoms with Crippen LogP contribution in [0.25, 0.3) is 16.9 Å². The molecule has 0 radical (unpaired) electrons. The average Bonchev–Trinajstić information content (AvgIpc) is 3.18. The maximum absolute atomic E-state index is 13.5. The van der Waals surface area contributed by atoms with Gasteiger partial charge in [-0.25, -0.2) is 4.68 Å². The first-order chi connectivity index (χ1) is 14.4. The van der Waals surface area contributed by atoms with Gasteiger partial charge in [-0.15, -0.1) is 0 Å². The SMILES string of the molecule is COc1cccc(-c2cc(C(=O)N3C[C@@H](C)O[C@@H](C)C3)n(-c3cccc(C)c3)n2)c1. The lowest BCUT2D eigenvalue weighted by atomic mass is 10.1. The van der Waals surface area contributed by atoms with E-state index in [0.29, 0.717) is 18.8 Å². The molecule has 0 saturated carbocycles. The number of morpholine rings is 1. The molecule has 0 aliphatic carbocycles. The predicted molar refractivity (Wildman–Crippen MR) is 116 cm³/mol. The van der Waals surface area contributed by atoms with Gasteiger partial charge in [-0.1, -0.05) is 24.3 Å². The molecule has 2 atom stereocenters. The van der Waals surface area contributed by atoms with Crippen molar-refractivity contribution in [3.63, 3.8) is 0 Å². The zero-order chi connectivity index (χ0) is 21.3. The number of amides is 1. The Labute approximate surface area is 177 Å². The topological polar surface area (TPSA) is 56.6 Å². The number of hydrogen-bond donors (Lipinski definition) is 0. The van der Waals surface area contributed by atoms with Gasteiger partial charge >= 0.3 is 0 Å². The first-order valence-corrected chi connectivity index (χ1v) is 10.2. The minimum atomic E-state index is -0.0415. The molecule has 4 rings (SSSR count). The first-order valence-electron chi connectivity index (χ1n) is 10.2. The molecule has 0 bridgehead atoms. The zero-order valence-corrected chi connectivity index (χ0v) is 17.8. The number of aryl methyl sites for hydroxylation is 1. The number of ether oxygens (including phenoxy) is 2. The van der Waals surface area contributed by atoms with E-state index < -0.39 is 0 Å². The minimum Gasteiger partial charge on any atom is -0.497 e. The van der Waals surface area contributed by atoms with Crippen molar-refractivity contribution in [3.8, 4) is 22.7 Å².